The number of halogens is 1. The monoisotopic (exact) mass is 350 g/mol. The SMILES string of the molecule is CCCNC(Cc1cncc(Br)c1)c1c(C)nn(C)c1C. The summed E-state index contributed by atoms with van der Waals surface area (Å²) >= 11 is 3.49. The van der Waals surface area contributed by atoms with E-state index in [0.717, 1.165) is 29.6 Å². The molecule has 0 spiro atoms. The van der Waals surface area contributed by atoms with Crippen LogP contribution in [0.15, 0.2) is 22.9 Å². The van der Waals surface area contributed by atoms with Crippen LogP contribution in [0.1, 0.15) is 41.9 Å². The Morgan fingerprint density at radius 2 is 2.10 bits per heavy atom. The third kappa shape index (κ3) is 3.92. The fourth-order valence-electron chi connectivity index (χ4n) is 2.69. The van der Waals surface area contributed by atoms with Crippen molar-refractivity contribution in [3.63, 3.8) is 0 Å². The first kappa shape index (κ1) is 16.2. The van der Waals surface area contributed by atoms with Gasteiger partial charge in [-0.2, -0.15) is 5.10 Å². The Morgan fingerprint density at radius 1 is 1.33 bits per heavy atom. The lowest BCUT2D eigenvalue weighted by Crippen LogP contribution is -2.25. The van der Waals surface area contributed by atoms with E-state index in [1.54, 1.807) is 0 Å². The Labute approximate surface area is 135 Å². The van der Waals surface area contributed by atoms with E-state index in [2.05, 4.69) is 58.2 Å². The quantitative estimate of drug-likeness (QED) is 0.867. The molecule has 1 atom stereocenters. The highest BCUT2D eigenvalue weighted by molar-refractivity contribution is 9.10. The van der Waals surface area contributed by atoms with Crippen LogP contribution in [0.3, 0.4) is 0 Å². The van der Waals surface area contributed by atoms with Crippen molar-refractivity contribution in [2.45, 2.75) is 39.7 Å². The minimum absolute atomic E-state index is 0.273. The molecule has 0 saturated heterocycles. The van der Waals surface area contributed by atoms with Crippen LogP contribution in [0.5, 0.6) is 0 Å². The van der Waals surface area contributed by atoms with E-state index >= 15 is 0 Å². The molecule has 0 radical (unpaired) electrons. The van der Waals surface area contributed by atoms with E-state index in [0.29, 0.717) is 0 Å². The van der Waals surface area contributed by atoms with Gasteiger partial charge in [0.05, 0.1) is 5.69 Å². The van der Waals surface area contributed by atoms with Gasteiger partial charge in [0.2, 0.25) is 0 Å². The summed E-state index contributed by atoms with van der Waals surface area (Å²) in [5.41, 5.74) is 4.86. The van der Waals surface area contributed by atoms with Gasteiger partial charge in [0.15, 0.2) is 0 Å². The first-order chi connectivity index (χ1) is 10.0. The summed E-state index contributed by atoms with van der Waals surface area (Å²) < 4.78 is 2.98. The Kier molecular flexibility index (Phi) is 5.53. The van der Waals surface area contributed by atoms with Crippen LogP contribution in [0.25, 0.3) is 0 Å². The van der Waals surface area contributed by atoms with Gasteiger partial charge in [-0.05, 0) is 60.8 Å². The maximum absolute atomic E-state index is 4.55. The molecule has 0 saturated carbocycles. The van der Waals surface area contributed by atoms with E-state index in [-0.39, 0.29) is 6.04 Å². The molecule has 4 nitrogen and oxygen atoms in total. The normalized spacial score (nSPS) is 12.6. The second-order valence-electron chi connectivity index (χ2n) is 5.43. The molecular formula is C16H23BrN4. The lowest BCUT2D eigenvalue weighted by atomic mass is 9.98. The van der Waals surface area contributed by atoms with Crippen LogP contribution in [-0.2, 0) is 13.5 Å². The standard InChI is InChI=1S/C16H23BrN4/c1-5-6-19-15(8-13-7-14(17)10-18-9-13)16-11(2)20-21(4)12(16)3/h7,9-10,15,19H,5-6,8H2,1-4H3. The molecule has 0 amide bonds. The number of aryl methyl sites for hydroxylation is 2. The largest absolute Gasteiger partial charge is 0.310 e. The molecule has 0 bridgehead atoms. The first-order valence-electron chi connectivity index (χ1n) is 7.35. The summed E-state index contributed by atoms with van der Waals surface area (Å²) in [7, 11) is 2.00. The molecule has 2 heterocycles. The molecule has 0 aliphatic carbocycles. The second-order valence-corrected chi connectivity index (χ2v) is 6.35. The van der Waals surface area contributed by atoms with E-state index < -0.39 is 0 Å². The molecule has 0 fully saturated rings. The predicted molar refractivity (Wildman–Crippen MR) is 89.4 cm³/mol. The topological polar surface area (TPSA) is 42.7 Å². The number of rotatable bonds is 6. The average Bonchev–Trinajstić information content (AvgIpc) is 2.68. The summed E-state index contributed by atoms with van der Waals surface area (Å²) in [6.07, 6.45) is 5.79. The Bertz CT molecular complexity index is 606. The average molecular weight is 351 g/mol. The molecule has 2 aromatic rings. The molecule has 21 heavy (non-hydrogen) atoms. The smallest absolute Gasteiger partial charge is 0.0644 e. The van der Waals surface area contributed by atoms with E-state index in [1.807, 2.05) is 24.1 Å². The van der Waals surface area contributed by atoms with Crippen LogP contribution < -0.4 is 5.32 Å². The van der Waals surface area contributed by atoms with Crippen molar-refractivity contribution >= 4 is 15.9 Å². The highest BCUT2D eigenvalue weighted by atomic mass is 79.9. The van der Waals surface area contributed by atoms with Crippen molar-refractivity contribution < 1.29 is 0 Å². The molecule has 2 aromatic heterocycles. The van der Waals surface area contributed by atoms with E-state index in [9.17, 15) is 0 Å². The summed E-state index contributed by atoms with van der Waals surface area (Å²) in [6, 6.07) is 2.41. The van der Waals surface area contributed by atoms with E-state index in [1.165, 1.54) is 16.8 Å². The predicted octanol–water partition coefficient (Wildman–Crippen LogP) is 3.48. The number of hydrogen-bond acceptors (Lipinski definition) is 3. The van der Waals surface area contributed by atoms with Crippen molar-refractivity contribution in [3.8, 4) is 0 Å². The molecule has 114 valence electrons. The van der Waals surface area contributed by atoms with Crippen LogP contribution in [0.2, 0.25) is 0 Å². The molecule has 5 heteroatoms. The van der Waals surface area contributed by atoms with Crippen molar-refractivity contribution in [2.75, 3.05) is 6.54 Å². The third-order valence-corrected chi connectivity index (χ3v) is 4.19. The van der Waals surface area contributed by atoms with Crippen LogP contribution >= 0.6 is 15.9 Å². The van der Waals surface area contributed by atoms with Gasteiger partial charge in [-0.1, -0.05) is 6.92 Å². The van der Waals surface area contributed by atoms with Crippen molar-refractivity contribution in [2.24, 2.45) is 7.05 Å². The van der Waals surface area contributed by atoms with Gasteiger partial charge in [0, 0.05) is 41.2 Å². The second kappa shape index (κ2) is 7.18. The fraction of sp³-hybridized carbons (Fsp3) is 0.500. The van der Waals surface area contributed by atoms with Gasteiger partial charge in [-0.25, -0.2) is 0 Å². The molecule has 1 unspecified atom stereocenters. The van der Waals surface area contributed by atoms with Gasteiger partial charge >= 0.3 is 0 Å². The van der Waals surface area contributed by atoms with Crippen LogP contribution in [0, 0.1) is 13.8 Å². The van der Waals surface area contributed by atoms with Gasteiger partial charge in [0.25, 0.3) is 0 Å². The van der Waals surface area contributed by atoms with Gasteiger partial charge < -0.3 is 5.32 Å². The third-order valence-electron chi connectivity index (χ3n) is 3.76. The number of nitrogens with zero attached hydrogens (tertiary/aromatic N) is 3. The summed E-state index contributed by atoms with van der Waals surface area (Å²) in [6.45, 7) is 7.41. The zero-order valence-corrected chi connectivity index (χ0v) is 14.7. The lowest BCUT2D eigenvalue weighted by molar-refractivity contribution is 0.523. The molecule has 1 N–H and O–H groups in total. The first-order valence-corrected chi connectivity index (χ1v) is 8.15. The Balaban J connectivity index is 2.29. The molecule has 0 aliphatic rings. The zero-order chi connectivity index (χ0) is 15.4. The molecular weight excluding hydrogens is 328 g/mol. The van der Waals surface area contributed by atoms with Crippen molar-refractivity contribution in [1.82, 2.24) is 20.1 Å². The highest BCUT2D eigenvalue weighted by Crippen LogP contribution is 2.25. The maximum Gasteiger partial charge on any atom is 0.0644 e. The van der Waals surface area contributed by atoms with Crippen LogP contribution in [-0.4, -0.2) is 21.3 Å². The molecule has 0 aromatic carbocycles. The fourth-order valence-corrected chi connectivity index (χ4v) is 3.10. The van der Waals surface area contributed by atoms with E-state index in [4.69, 9.17) is 0 Å². The number of pyridine rings is 1. The Hall–Kier alpha value is -1.20. The minimum atomic E-state index is 0.273. The van der Waals surface area contributed by atoms with Crippen molar-refractivity contribution in [3.05, 3.63) is 45.4 Å². The summed E-state index contributed by atoms with van der Waals surface area (Å²) in [5, 5.41) is 8.20. The minimum Gasteiger partial charge on any atom is -0.310 e. The number of aromatic nitrogens is 3. The van der Waals surface area contributed by atoms with Gasteiger partial charge in [0.1, 0.15) is 0 Å². The van der Waals surface area contributed by atoms with Crippen LogP contribution in [0.4, 0.5) is 0 Å². The summed E-state index contributed by atoms with van der Waals surface area (Å²) in [5.74, 6) is 0. The number of hydrogen-bond donors (Lipinski definition) is 1. The Morgan fingerprint density at radius 3 is 2.67 bits per heavy atom. The highest BCUT2D eigenvalue weighted by Gasteiger charge is 2.20. The maximum atomic E-state index is 4.55. The van der Waals surface area contributed by atoms with Gasteiger partial charge in [-0.3, -0.25) is 9.67 Å². The number of nitrogens with one attached hydrogen (secondary N) is 1. The summed E-state index contributed by atoms with van der Waals surface area (Å²) in [4.78, 5) is 4.27. The zero-order valence-electron chi connectivity index (χ0n) is 13.2. The van der Waals surface area contributed by atoms with Gasteiger partial charge in [-0.15, -0.1) is 0 Å². The lowest BCUT2D eigenvalue weighted by Gasteiger charge is -2.19. The molecule has 2 rings (SSSR count). The van der Waals surface area contributed by atoms with Crippen molar-refractivity contribution in [1.29, 1.82) is 0 Å². The molecule has 0 aliphatic heterocycles.